The average molecular weight is 256 g/mol. The summed E-state index contributed by atoms with van der Waals surface area (Å²) in [5.74, 6) is -1.12. The van der Waals surface area contributed by atoms with Gasteiger partial charge in [-0.05, 0) is 11.1 Å². The molecule has 3 heteroatoms. The fraction of sp³-hybridized carbons (Fsp3) is 0.125. The second-order valence-corrected chi connectivity index (χ2v) is 3.82. The van der Waals surface area contributed by atoms with Crippen molar-refractivity contribution in [1.82, 2.24) is 0 Å². The minimum atomic E-state index is -0.562. The van der Waals surface area contributed by atoms with Gasteiger partial charge in [-0.2, -0.15) is 0 Å². The lowest BCUT2D eigenvalue weighted by atomic mass is 10.1. The SMILES string of the molecule is CC(=O)OC(C)=O.c1ccc(-c2ccccc2)cc1. The zero-order chi connectivity index (χ0) is 14.1. The van der Waals surface area contributed by atoms with Crippen molar-refractivity contribution in [2.45, 2.75) is 13.8 Å². The third kappa shape index (κ3) is 6.17. The maximum absolute atomic E-state index is 9.81. The van der Waals surface area contributed by atoms with Crippen LogP contribution in [0.25, 0.3) is 11.1 Å². The number of carbonyl (C=O) groups is 2. The van der Waals surface area contributed by atoms with E-state index >= 15 is 0 Å². The van der Waals surface area contributed by atoms with Crippen LogP contribution in [0.2, 0.25) is 0 Å². The number of hydrogen-bond donors (Lipinski definition) is 0. The Kier molecular flexibility index (Phi) is 6.03. The number of esters is 2. The lowest BCUT2D eigenvalue weighted by Gasteiger charge is -1.98. The fourth-order valence-electron chi connectivity index (χ4n) is 1.46. The van der Waals surface area contributed by atoms with E-state index in [4.69, 9.17) is 0 Å². The molecule has 0 aromatic heterocycles. The van der Waals surface area contributed by atoms with Crippen molar-refractivity contribution in [2.24, 2.45) is 0 Å². The highest BCUT2D eigenvalue weighted by atomic mass is 16.6. The first-order chi connectivity index (χ1) is 9.09. The van der Waals surface area contributed by atoms with Crippen LogP contribution in [0.1, 0.15) is 13.8 Å². The van der Waals surface area contributed by atoms with Crippen molar-refractivity contribution in [3.63, 3.8) is 0 Å². The number of carbonyl (C=O) groups excluding carboxylic acids is 2. The highest BCUT2D eigenvalue weighted by Crippen LogP contribution is 2.17. The van der Waals surface area contributed by atoms with E-state index in [1.807, 2.05) is 12.1 Å². The van der Waals surface area contributed by atoms with E-state index in [1.165, 1.54) is 25.0 Å². The van der Waals surface area contributed by atoms with Crippen LogP contribution in [0.5, 0.6) is 0 Å². The number of ether oxygens (including phenoxy) is 1. The van der Waals surface area contributed by atoms with Gasteiger partial charge in [0.25, 0.3) is 0 Å². The third-order valence-corrected chi connectivity index (χ3v) is 2.17. The van der Waals surface area contributed by atoms with Gasteiger partial charge >= 0.3 is 11.9 Å². The predicted molar refractivity (Wildman–Crippen MR) is 74.3 cm³/mol. The van der Waals surface area contributed by atoms with Gasteiger partial charge in [-0.25, -0.2) is 0 Å². The predicted octanol–water partition coefficient (Wildman–Crippen LogP) is 3.45. The summed E-state index contributed by atoms with van der Waals surface area (Å²) in [5, 5.41) is 0. The third-order valence-electron chi connectivity index (χ3n) is 2.17. The van der Waals surface area contributed by atoms with E-state index in [2.05, 4.69) is 53.3 Å². The summed E-state index contributed by atoms with van der Waals surface area (Å²) in [7, 11) is 0. The molecule has 0 fully saturated rings. The van der Waals surface area contributed by atoms with E-state index in [9.17, 15) is 9.59 Å². The Morgan fingerprint density at radius 3 is 1.21 bits per heavy atom. The zero-order valence-corrected chi connectivity index (χ0v) is 11.0. The van der Waals surface area contributed by atoms with Gasteiger partial charge in [0, 0.05) is 13.8 Å². The minimum Gasteiger partial charge on any atom is -0.394 e. The Morgan fingerprint density at radius 1 is 0.684 bits per heavy atom. The smallest absolute Gasteiger partial charge is 0.310 e. The number of rotatable bonds is 1. The highest BCUT2D eigenvalue weighted by Gasteiger charge is 1.93. The summed E-state index contributed by atoms with van der Waals surface area (Å²) in [6.45, 7) is 2.36. The lowest BCUT2D eigenvalue weighted by molar-refractivity contribution is -0.156. The molecule has 0 saturated heterocycles. The maximum atomic E-state index is 9.81. The summed E-state index contributed by atoms with van der Waals surface area (Å²) < 4.78 is 3.97. The summed E-state index contributed by atoms with van der Waals surface area (Å²) >= 11 is 0. The molecular weight excluding hydrogens is 240 g/mol. The second kappa shape index (κ2) is 7.82. The minimum absolute atomic E-state index is 0.562. The monoisotopic (exact) mass is 256 g/mol. The van der Waals surface area contributed by atoms with E-state index < -0.39 is 11.9 Å². The molecule has 0 spiro atoms. The van der Waals surface area contributed by atoms with Crippen LogP contribution in [-0.2, 0) is 14.3 Å². The molecule has 0 atom stereocenters. The normalized spacial score (nSPS) is 8.95. The average Bonchev–Trinajstić information content (AvgIpc) is 2.40. The van der Waals surface area contributed by atoms with Crippen LogP contribution in [0, 0.1) is 0 Å². The molecule has 0 aliphatic carbocycles. The summed E-state index contributed by atoms with van der Waals surface area (Å²) in [6, 6.07) is 20.8. The highest BCUT2D eigenvalue weighted by molar-refractivity contribution is 5.82. The molecule has 0 saturated carbocycles. The van der Waals surface area contributed by atoms with Gasteiger partial charge in [0.1, 0.15) is 0 Å². The fourth-order valence-corrected chi connectivity index (χ4v) is 1.46. The molecule has 3 nitrogen and oxygen atoms in total. The lowest BCUT2D eigenvalue weighted by Crippen LogP contribution is -2.03. The van der Waals surface area contributed by atoms with E-state index in [0.29, 0.717) is 0 Å². The second-order valence-electron chi connectivity index (χ2n) is 3.82. The van der Waals surface area contributed by atoms with Crippen LogP contribution < -0.4 is 0 Å². The Labute approximate surface area is 112 Å². The summed E-state index contributed by atoms with van der Waals surface area (Å²) in [4.78, 5) is 19.6. The van der Waals surface area contributed by atoms with Crippen LogP contribution in [0.3, 0.4) is 0 Å². The van der Waals surface area contributed by atoms with Gasteiger partial charge in [-0.15, -0.1) is 0 Å². The van der Waals surface area contributed by atoms with Crippen molar-refractivity contribution in [3.8, 4) is 11.1 Å². The van der Waals surface area contributed by atoms with Crippen molar-refractivity contribution in [3.05, 3.63) is 60.7 Å². The standard InChI is InChI=1S/C12H10.C4H6O3/c1-3-7-11(8-4-1)12-9-5-2-6-10-12;1-3(5)7-4(2)6/h1-10H;1-2H3. The first kappa shape index (κ1) is 14.6. The molecule has 98 valence electrons. The largest absolute Gasteiger partial charge is 0.394 e. The van der Waals surface area contributed by atoms with Crippen molar-refractivity contribution in [2.75, 3.05) is 0 Å². The van der Waals surface area contributed by atoms with Gasteiger partial charge in [0.05, 0.1) is 0 Å². The van der Waals surface area contributed by atoms with Gasteiger partial charge < -0.3 is 4.74 Å². The molecule has 0 aliphatic rings. The first-order valence-corrected chi connectivity index (χ1v) is 5.89. The molecule has 0 heterocycles. The molecular formula is C16H16O3. The summed E-state index contributed by atoms with van der Waals surface area (Å²) in [5.41, 5.74) is 2.55. The molecule has 0 radical (unpaired) electrons. The molecule has 2 rings (SSSR count). The first-order valence-electron chi connectivity index (χ1n) is 5.89. The Bertz CT molecular complexity index is 469. The quantitative estimate of drug-likeness (QED) is 0.579. The van der Waals surface area contributed by atoms with Gasteiger partial charge in [-0.3, -0.25) is 9.59 Å². The molecule has 2 aromatic carbocycles. The van der Waals surface area contributed by atoms with Crippen LogP contribution >= 0.6 is 0 Å². The van der Waals surface area contributed by atoms with Crippen molar-refractivity contribution < 1.29 is 14.3 Å². The number of benzene rings is 2. The Hall–Kier alpha value is -2.42. The molecule has 19 heavy (non-hydrogen) atoms. The van der Waals surface area contributed by atoms with Gasteiger partial charge in [0.2, 0.25) is 0 Å². The molecule has 0 bridgehead atoms. The zero-order valence-electron chi connectivity index (χ0n) is 11.0. The summed E-state index contributed by atoms with van der Waals surface area (Å²) in [6.07, 6.45) is 0. The van der Waals surface area contributed by atoms with Gasteiger partial charge in [-0.1, -0.05) is 60.7 Å². The molecule has 0 amide bonds. The van der Waals surface area contributed by atoms with Crippen molar-refractivity contribution in [1.29, 1.82) is 0 Å². The van der Waals surface area contributed by atoms with Crippen LogP contribution in [-0.4, -0.2) is 11.9 Å². The van der Waals surface area contributed by atoms with Crippen LogP contribution in [0.15, 0.2) is 60.7 Å². The van der Waals surface area contributed by atoms with Crippen molar-refractivity contribution >= 4 is 11.9 Å². The van der Waals surface area contributed by atoms with Gasteiger partial charge in [0.15, 0.2) is 0 Å². The molecule has 0 aliphatic heterocycles. The molecule has 2 aromatic rings. The van der Waals surface area contributed by atoms with E-state index in [1.54, 1.807) is 0 Å². The number of hydrogen-bond acceptors (Lipinski definition) is 3. The maximum Gasteiger partial charge on any atom is 0.310 e. The Balaban J connectivity index is 0.000000224. The molecule has 0 unspecified atom stereocenters. The van der Waals surface area contributed by atoms with Crippen LogP contribution in [0.4, 0.5) is 0 Å². The molecule has 0 N–H and O–H groups in total. The van der Waals surface area contributed by atoms with E-state index in [0.717, 1.165) is 0 Å². The van der Waals surface area contributed by atoms with E-state index in [-0.39, 0.29) is 0 Å². The Morgan fingerprint density at radius 2 is 1.00 bits per heavy atom. The topological polar surface area (TPSA) is 43.4 Å².